The van der Waals surface area contributed by atoms with Gasteiger partial charge in [-0.1, -0.05) is 42.0 Å². The fourth-order valence-corrected chi connectivity index (χ4v) is 7.25. The number of fused-ring (bicyclic) bond motifs is 3. The standard InChI is InChI=1S/C36H38F2N6O/c1-24-9-5-17-39-25(2)10-6-18-43(22-24)34-28-21-40-32(27-13-3-11-26-12-4-14-29(37)30(26)27)31(38)33(28)41-35(42-34)45-23-36-15-7-19-44(36)20-8-16-36/h3-5,9,11-14,17,21H,6-8,10,15-16,18-20,22-23H2,1-2H3/b17-5-,24-9+,39-25+. The van der Waals surface area contributed by atoms with Crippen LogP contribution in [0.25, 0.3) is 32.9 Å². The summed E-state index contributed by atoms with van der Waals surface area (Å²) < 4.78 is 38.3. The Morgan fingerprint density at radius 3 is 2.58 bits per heavy atom. The van der Waals surface area contributed by atoms with Crippen molar-refractivity contribution in [1.29, 1.82) is 0 Å². The Balaban J connectivity index is 1.36. The predicted molar refractivity (Wildman–Crippen MR) is 176 cm³/mol. The van der Waals surface area contributed by atoms with E-state index in [-0.39, 0.29) is 22.8 Å². The summed E-state index contributed by atoms with van der Waals surface area (Å²) in [7, 11) is 0. The van der Waals surface area contributed by atoms with E-state index in [4.69, 9.17) is 9.72 Å². The lowest BCUT2D eigenvalue weighted by Gasteiger charge is -2.31. The van der Waals surface area contributed by atoms with Crippen LogP contribution in [-0.4, -0.2) is 63.9 Å². The summed E-state index contributed by atoms with van der Waals surface area (Å²) in [6, 6.07) is 10.3. The number of hydrogen-bond donors (Lipinski definition) is 0. The number of rotatable bonds is 5. The number of ether oxygens (including phenoxy) is 1. The molecule has 0 radical (unpaired) electrons. The van der Waals surface area contributed by atoms with Crippen LogP contribution in [-0.2, 0) is 0 Å². The topological polar surface area (TPSA) is 66.7 Å². The van der Waals surface area contributed by atoms with Gasteiger partial charge < -0.3 is 9.64 Å². The normalized spacial score (nSPS) is 22.0. The minimum Gasteiger partial charge on any atom is -0.461 e. The molecule has 45 heavy (non-hydrogen) atoms. The first kappa shape index (κ1) is 29.5. The molecule has 2 aromatic carbocycles. The Labute approximate surface area is 262 Å². The van der Waals surface area contributed by atoms with Crippen LogP contribution in [0.3, 0.4) is 0 Å². The van der Waals surface area contributed by atoms with Crippen molar-refractivity contribution in [3.63, 3.8) is 0 Å². The van der Waals surface area contributed by atoms with Gasteiger partial charge in [-0.2, -0.15) is 9.97 Å². The van der Waals surface area contributed by atoms with Crippen LogP contribution in [0.2, 0.25) is 0 Å². The number of aliphatic imine (C=N–C) groups is 1. The zero-order chi connectivity index (χ0) is 31.0. The third kappa shape index (κ3) is 5.70. The lowest BCUT2D eigenvalue weighted by molar-refractivity contribution is 0.108. The minimum atomic E-state index is -0.616. The van der Waals surface area contributed by atoms with Gasteiger partial charge in [0.1, 0.15) is 29.5 Å². The van der Waals surface area contributed by atoms with E-state index >= 15 is 8.78 Å². The average Bonchev–Trinajstić information content (AvgIpc) is 3.61. The van der Waals surface area contributed by atoms with Gasteiger partial charge in [-0.3, -0.25) is 14.9 Å². The summed E-state index contributed by atoms with van der Waals surface area (Å²) in [6.45, 7) is 7.98. The second kappa shape index (κ2) is 12.3. The van der Waals surface area contributed by atoms with Gasteiger partial charge in [-0.05, 0) is 83.0 Å². The molecule has 0 N–H and O–H groups in total. The molecule has 3 aliphatic rings. The van der Waals surface area contributed by atoms with Gasteiger partial charge in [0.2, 0.25) is 0 Å². The van der Waals surface area contributed by atoms with Crippen LogP contribution in [0.4, 0.5) is 14.6 Å². The minimum absolute atomic E-state index is 0.0155. The van der Waals surface area contributed by atoms with E-state index in [1.165, 1.54) is 6.07 Å². The summed E-state index contributed by atoms with van der Waals surface area (Å²) in [5, 5.41) is 1.50. The molecule has 0 saturated carbocycles. The monoisotopic (exact) mass is 608 g/mol. The number of benzene rings is 2. The molecular weight excluding hydrogens is 570 g/mol. The van der Waals surface area contributed by atoms with Crippen LogP contribution in [0.1, 0.15) is 52.4 Å². The third-order valence-corrected chi connectivity index (χ3v) is 9.50. The Morgan fingerprint density at radius 2 is 1.76 bits per heavy atom. The van der Waals surface area contributed by atoms with Gasteiger partial charge >= 0.3 is 6.01 Å². The zero-order valence-electron chi connectivity index (χ0n) is 25.9. The lowest BCUT2D eigenvalue weighted by Crippen LogP contribution is -2.43. The maximum atomic E-state index is 16.7. The smallest absolute Gasteiger partial charge is 0.319 e. The van der Waals surface area contributed by atoms with Crippen molar-refractivity contribution in [1.82, 2.24) is 19.9 Å². The molecule has 232 valence electrons. The number of pyridine rings is 1. The summed E-state index contributed by atoms with van der Waals surface area (Å²) >= 11 is 0. The second-order valence-corrected chi connectivity index (χ2v) is 12.6. The van der Waals surface area contributed by atoms with Crippen molar-refractivity contribution in [2.75, 3.05) is 37.7 Å². The second-order valence-electron chi connectivity index (χ2n) is 12.6. The fraction of sp³-hybridized carbons (Fsp3) is 0.389. The first-order chi connectivity index (χ1) is 21.9. The number of hydrogen-bond acceptors (Lipinski definition) is 7. The molecule has 0 unspecified atom stereocenters. The van der Waals surface area contributed by atoms with E-state index in [1.54, 1.807) is 24.4 Å². The van der Waals surface area contributed by atoms with Crippen LogP contribution in [0.5, 0.6) is 6.01 Å². The number of halogens is 2. The molecule has 0 aliphatic carbocycles. The first-order valence-corrected chi connectivity index (χ1v) is 15.9. The quantitative estimate of drug-likeness (QED) is 0.232. The highest BCUT2D eigenvalue weighted by molar-refractivity contribution is 5.99. The summed E-state index contributed by atoms with van der Waals surface area (Å²) in [5.41, 5.74) is 2.70. The molecule has 0 spiro atoms. The molecule has 2 saturated heterocycles. The molecule has 4 aromatic rings. The SMILES string of the molecule is C\C1=C/C=C\N=C(/C)CCCN(c2nc(OCC34CCCN3CCC4)nc3c(F)c(-c4cccc5cccc(F)c45)ncc23)C1. The molecule has 0 bridgehead atoms. The van der Waals surface area contributed by atoms with E-state index in [2.05, 4.69) is 31.7 Å². The molecular formula is C36H38F2N6O. The van der Waals surface area contributed by atoms with Crippen molar-refractivity contribution in [2.24, 2.45) is 4.99 Å². The predicted octanol–water partition coefficient (Wildman–Crippen LogP) is 7.65. The summed E-state index contributed by atoms with van der Waals surface area (Å²) in [5.74, 6) is -0.462. The zero-order valence-corrected chi connectivity index (χ0v) is 25.9. The van der Waals surface area contributed by atoms with E-state index < -0.39 is 11.6 Å². The lowest BCUT2D eigenvalue weighted by atomic mass is 9.95. The third-order valence-electron chi connectivity index (χ3n) is 9.50. The van der Waals surface area contributed by atoms with Gasteiger partial charge in [0, 0.05) is 42.1 Å². The van der Waals surface area contributed by atoms with Crippen LogP contribution < -0.4 is 9.64 Å². The van der Waals surface area contributed by atoms with Gasteiger partial charge in [0.15, 0.2) is 5.82 Å². The number of anilines is 1. The number of allylic oxidation sites excluding steroid dienone is 2. The van der Waals surface area contributed by atoms with E-state index in [0.717, 1.165) is 62.9 Å². The van der Waals surface area contributed by atoms with Gasteiger partial charge in [0.05, 0.1) is 10.9 Å². The Morgan fingerprint density at radius 1 is 0.956 bits per heavy atom. The van der Waals surface area contributed by atoms with Crippen molar-refractivity contribution in [3.8, 4) is 17.3 Å². The number of nitrogens with zero attached hydrogens (tertiary/aromatic N) is 6. The van der Waals surface area contributed by atoms with Gasteiger partial charge in [-0.15, -0.1) is 0 Å². The molecule has 2 aromatic heterocycles. The van der Waals surface area contributed by atoms with E-state index in [9.17, 15) is 0 Å². The molecule has 0 atom stereocenters. The maximum Gasteiger partial charge on any atom is 0.319 e. The van der Waals surface area contributed by atoms with Crippen molar-refractivity contribution in [2.45, 2.75) is 57.9 Å². The van der Waals surface area contributed by atoms with Crippen molar-refractivity contribution >= 4 is 33.2 Å². The highest BCUT2D eigenvalue weighted by Crippen LogP contribution is 2.40. The van der Waals surface area contributed by atoms with E-state index in [0.29, 0.717) is 47.2 Å². The molecule has 7 rings (SSSR count). The molecule has 5 heterocycles. The Kier molecular flexibility index (Phi) is 8.04. The summed E-state index contributed by atoms with van der Waals surface area (Å²) in [6.07, 6.45) is 13.6. The number of aromatic nitrogens is 3. The van der Waals surface area contributed by atoms with Gasteiger partial charge in [0.25, 0.3) is 0 Å². The molecule has 9 heteroatoms. The van der Waals surface area contributed by atoms with Crippen LogP contribution in [0.15, 0.2) is 71.5 Å². The maximum absolute atomic E-state index is 16.7. The highest BCUT2D eigenvalue weighted by atomic mass is 19.1. The highest BCUT2D eigenvalue weighted by Gasteiger charge is 2.45. The van der Waals surface area contributed by atoms with Crippen LogP contribution >= 0.6 is 0 Å². The molecule has 7 nitrogen and oxygen atoms in total. The fourth-order valence-electron chi connectivity index (χ4n) is 7.25. The largest absolute Gasteiger partial charge is 0.461 e. The van der Waals surface area contributed by atoms with E-state index in [1.807, 2.05) is 37.4 Å². The van der Waals surface area contributed by atoms with Crippen LogP contribution in [0, 0.1) is 11.6 Å². The Bertz CT molecular complexity index is 1840. The van der Waals surface area contributed by atoms with Gasteiger partial charge in [-0.25, -0.2) is 8.78 Å². The van der Waals surface area contributed by atoms with Crippen molar-refractivity contribution < 1.29 is 13.5 Å². The first-order valence-electron chi connectivity index (χ1n) is 15.9. The molecule has 3 aliphatic heterocycles. The Hall–Kier alpha value is -4.24. The molecule has 0 amide bonds. The summed E-state index contributed by atoms with van der Waals surface area (Å²) in [4.78, 5) is 23.4. The average molecular weight is 609 g/mol. The van der Waals surface area contributed by atoms with Crippen molar-refractivity contribution in [3.05, 3.63) is 78.2 Å². The molecule has 2 fully saturated rings.